The number of urea groups is 1. The minimum atomic E-state index is -0.881. The maximum absolute atomic E-state index is 11.9. The highest BCUT2D eigenvalue weighted by Gasteiger charge is 2.33. The Bertz CT molecular complexity index is 456. The second-order valence-corrected chi connectivity index (χ2v) is 5.32. The molecule has 0 spiro atoms. The summed E-state index contributed by atoms with van der Waals surface area (Å²) in [6, 6.07) is -0.641. The van der Waals surface area contributed by atoms with Crippen LogP contribution in [0.3, 0.4) is 0 Å². The SMILES string of the molecule is CC(Cn1ccnc1)NC(=O)NC(CC(=O)O)C1CC1. The third kappa shape index (κ3) is 4.56. The molecule has 110 valence electrons. The Hall–Kier alpha value is -2.05. The van der Waals surface area contributed by atoms with Gasteiger partial charge in [-0.1, -0.05) is 0 Å². The van der Waals surface area contributed by atoms with Crippen LogP contribution < -0.4 is 10.6 Å². The number of carbonyl (C=O) groups is 2. The number of amides is 2. The number of hydrogen-bond donors (Lipinski definition) is 3. The Labute approximate surface area is 117 Å². The fourth-order valence-corrected chi connectivity index (χ4v) is 2.21. The first-order valence-electron chi connectivity index (χ1n) is 6.79. The zero-order chi connectivity index (χ0) is 14.5. The van der Waals surface area contributed by atoms with E-state index in [9.17, 15) is 9.59 Å². The molecule has 2 unspecified atom stereocenters. The first-order chi connectivity index (χ1) is 9.54. The molecule has 0 bridgehead atoms. The van der Waals surface area contributed by atoms with Crippen molar-refractivity contribution in [3.63, 3.8) is 0 Å². The van der Waals surface area contributed by atoms with E-state index in [1.54, 1.807) is 12.5 Å². The zero-order valence-electron chi connectivity index (χ0n) is 11.5. The van der Waals surface area contributed by atoms with Gasteiger partial charge in [0.05, 0.1) is 12.7 Å². The Balaban J connectivity index is 1.76. The number of rotatable bonds is 7. The summed E-state index contributed by atoms with van der Waals surface area (Å²) < 4.78 is 1.88. The number of aliphatic carboxylic acids is 1. The standard InChI is InChI=1S/C13H20N4O3/c1-9(7-17-5-4-14-8-17)15-13(20)16-11(6-12(18)19)10-2-3-10/h4-5,8-11H,2-3,6-7H2,1H3,(H,18,19)(H2,15,16,20). The predicted octanol–water partition coefficient (Wildman–Crippen LogP) is 0.824. The number of imidazole rings is 1. The van der Waals surface area contributed by atoms with Crippen LogP contribution in [0.4, 0.5) is 4.79 Å². The van der Waals surface area contributed by atoms with Gasteiger partial charge < -0.3 is 20.3 Å². The van der Waals surface area contributed by atoms with Gasteiger partial charge in [-0.2, -0.15) is 0 Å². The van der Waals surface area contributed by atoms with Crippen molar-refractivity contribution in [2.75, 3.05) is 0 Å². The molecule has 2 amide bonds. The summed E-state index contributed by atoms with van der Waals surface area (Å²) in [6.45, 7) is 2.52. The lowest BCUT2D eigenvalue weighted by Gasteiger charge is -2.20. The van der Waals surface area contributed by atoms with Crippen molar-refractivity contribution in [1.82, 2.24) is 20.2 Å². The lowest BCUT2D eigenvalue weighted by atomic mass is 10.1. The number of carboxylic acid groups (broad SMARTS) is 1. The van der Waals surface area contributed by atoms with Crippen molar-refractivity contribution in [2.45, 2.75) is 44.8 Å². The second kappa shape index (κ2) is 6.40. The highest BCUT2D eigenvalue weighted by atomic mass is 16.4. The molecule has 0 saturated heterocycles. The molecule has 0 radical (unpaired) electrons. The topological polar surface area (TPSA) is 96.3 Å². The van der Waals surface area contributed by atoms with E-state index in [1.165, 1.54) is 0 Å². The molecule has 1 fully saturated rings. The normalized spacial score (nSPS) is 17.2. The molecule has 1 aromatic heterocycles. The van der Waals surface area contributed by atoms with Crippen molar-refractivity contribution >= 4 is 12.0 Å². The molecule has 7 heteroatoms. The van der Waals surface area contributed by atoms with Gasteiger partial charge in [-0.25, -0.2) is 9.78 Å². The molecular formula is C13H20N4O3. The van der Waals surface area contributed by atoms with Crippen LogP contribution in [0, 0.1) is 5.92 Å². The average molecular weight is 280 g/mol. The number of hydrogen-bond acceptors (Lipinski definition) is 3. The maximum Gasteiger partial charge on any atom is 0.315 e. The predicted molar refractivity (Wildman–Crippen MR) is 72.1 cm³/mol. The smallest absolute Gasteiger partial charge is 0.315 e. The lowest BCUT2D eigenvalue weighted by molar-refractivity contribution is -0.137. The van der Waals surface area contributed by atoms with E-state index >= 15 is 0 Å². The molecule has 0 aromatic carbocycles. The lowest BCUT2D eigenvalue weighted by Crippen LogP contribution is -2.47. The first-order valence-corrected chi connectivity index (χ1v) is 6.79. The summed E-state index contributed by atoms with van der Waals surface area (Å²) in [4.78, 5) is 26.6. The van der Waals surface area contributed by atoms with Gasteiger partial charge in [0.2, 0.25) is 0 Å². The molecule has 1 aromatic rings. The van der Waals surface area contributed by atoms with E-state index in [-0.39, 0.29) is 24.5 Å². The van der Waals surface area contributed by atoms with Crippen molar-refractivity contribution in [2.24, 2.45) is 5.92 Å². The molecular weight excluding hydrogens is 260 g/mol. The molecule has 7 nitrogen and oxygen atoms in total. The van der Waals surface area contributed by atoms with E-state index in [4.69, 9.17) is 5.11 Å². The minimum absolute atomic E-state index is 0.0199. The van der Waals surface area contributed by atoms with E-state index in [2.05, 4.69) is 15.6 Å². The third-order valence-electron chi connectivity index (χ3n) is 3.32. The molecule has 20 heavy (non-hydrogen) atoms. The van der Waals surface area contributed by atoms with Crippen LogP contribution in [0.2, 0.25) is 0 Å². The molecule has 3 N–H and O–H groups in total. The first kappa shape index (κ1) is 14.4. The van der Waals surface area contributed by atoms with Crippen LogP contribution in [0.5, 0.6) is 0 Å². The molecule has 1 heterocycles. The zero-order valence-corrected chi connectivity index (χ0v) is 11.5. The average Bonchev–Trinajstić information content (AvgIpc) is 3.07. The summed E-state index contributed by atoms with van der Waals surface area (Å²) in [6.07, 6.45) is 7.16. The minimum Gasteiger partial charge on any atom is -0.481 e. The van der Waals surface area contributed by atoms with Crippen molar-refractivity contribution < 1.29 is 14.7 Å². The van der Waals surface area contributed by atoms with E-state index in [1.807, 2.05) is 17.7 Å². The van der Waals surface area contributed by atoms with Crippen LogP contribution in [-0.4, -0.2) is 38.7 Å². The van der Waals surface area contributed by atoms with Gasteiger partial charge in [0.1, 0.15) is 0 Å². The highest BCUT2D eigenvalue weighted by molar-refractivity contribution is 5.76. The van der Waals surface area contributed by atoms with Crippen LogP contribution in [0.1, 0.15) is 26.2 Å². The van der Waals surface area contributed by atoms with Crippen LogP contribution in [0.15, 0.2) is 18.7 Å². The van der Waals surface area contributed by atoms with E-state index < -0.39 is 5.97 Å². The second-order valence-electron chi connectivity index (χ2n) is 5.32. The van der Waals surface area contributed by atoms with Gasteiger partial charge >= 0.3 is 12.0 Å². The fraction of sp³-hybridized carbons (Fsp3) is 0.615. The summed E-state index contributed by atoms with van der Waals surface area (Å²) in [7, 11) is 0. The molecule has 2 rings (SSSR count). The van der Waals surface area contributed by atoms with E-state index in [0.29, 0.717) is 12.5 Å². The molecule has 0 aliphatic heterocycles. The number of nitrogens with one attached hydrogen (secondary N) is 2. The van der Waals surface area contributed by atoms with Gasteiger partial charge in [0, 0.05) is 31.0 Å². The van der Waals surface area contributed by atoms with Gasteiger partial charge in [-0.05, 0) is 25.7 Å². The quantitative estimate of drug-likeness (QED) is 0.689. The van der Waals surface area contributed by atoms with Crippen LogP contribution >= 0.6 is 0 Å². The summed E-state index contributed by atoms with van der Waals surface area (Å²) in [5.41, 5.74) is 0. The van der Waals surface area contributed by atoms with Crippen molar-refractivity contribution in [3.8, 4) is 0 Å². The van der Waals surface area contributed by atoms with E-state index in [0.717, 1.165) is 12.8 Å². The number of carbonyl (C=O) groups excluding carboxylic acids is 1. The molecule has 1 aliphatic rings. The van der Waals surface area contributed by atoms with Crippen LogP contribution in [-0.2, 0) is 11.3 Å². The number of nitrogens with zero attached hydrogens (tertiary/aromatic N) is 2. The molecule has 2 atom stereocenters. The highest BCUT2D eigenvalue weighted by Crippen LogP contribution is 2.33. The van der Waals surface area contributed by atoms with Crippen molar-refractivity contribution in [1.29, 1.82) is 0 Å². The Morgan fingerprint density at radius 2 is 2.20 bits per heavy atom. The van der Waals surface area contributed by atoms with Crippen LogP contribution in [0.25, 0.3) is 0 Å². The van der Waals surface area contributed by atoms with Crippen molar-refractivity contribution in [3.05, 3.63) is 18.7 Å². The monoisotopic (exact) mass is 280 g/mol. The number of carboxylic acids is 1. The molecule has 1 saturated carbocycles. The summed E-state index contributed by atoms with van der Waals surface area (Å²) in [5.74, 6) is -0.575. The molecule has 1 aliphatic carbocycles. The van der Waals surface area contributed by atoms with Gasteiger partial charge in [-0.15, -0.1) is 0 Å². The van der Waals surface area contributed by atoms with Gasteiger partial charge in [0.15, 0.2) is 0 Å². The Morgan fingerprint density at radius 3 is 2.75 bits per heavy atom. The number of aromatic nitrogens is 2. The van der Waals surface area contributed by atoms with Gasteiger partial charge in [-0.3, -0.25) is 4.79 Å². The Kier molecular flexibility index (Phi) is 4.60. The van der Waals surface area contributed by atoms with Gasteiger partial charge in [0.25, 0.3) is 0 Å². The fourth-order valence-electron chi connectivity index (χ4n) is 2.21. The Morgan fingerprint density at radius 1 is 1.45 bits per heavy atom. The largest absolute Gasteiger partial charge is 0.481 e. The maximum atomic E-state index is 11.9. The summed E-state index contributed by atoms with van der Waals surface area (Å²) >= 11 is 0. The third-order valence-corrected chi connectivity index (χ3v) is 3.32. The summed E-state index contributed by atoms with van der Waals surface area (Å²) in [5, 5.41) is 14.4.